The van der Waals surface area contributed by atoms with Gasteiger partial charge < -0.3 is 5.32 Å². The Balaban J connectivity index is 1.73. The molecule has 0 fully saturated rings. The van der Waals surface area contributed by atoms with Crippen molar-refractivity contribution < 1.29 is 4.39 Å². The number of aromatic nitrogens is 2. The van der Waals surface area contributed by atoms with Crippen molar-refractivity contribution in [2.75, 3.05) is 5.32 Å². The van der Waals surface area contributed by atoms with E-state index in [0.717, 1.165) is 28.1 Å². The fourth-order valence-corrected chi connectivity index (χ4v) is 3.15. The van der Waals surface area contributed by atoms with Gasteiger partial charge in [-0.15, -0.1) is 5.54 Å². The van der Waals surface area contributed by atoms with Crippen LogP contribution in [0.25, 0.3) is 11.1 Å². The number of benzene rings is 1. The van der Waals surface area contributed by atoms with Gasteiger partial charge in [0.1, 0.15) is 19.7 Å². The molecule has 0 saturated carbocycles. The Kier molecular flexibility index (Phi) is 5.91. The molecule has 3 nitrogen and oxygen atoms in total. The molecule has 3 aromatic rings. The molecule has 0 unspecified atom stereocenters. The van der Waals surface area contributed by atoms with E-state index in [2.05, 4.69) is 46.4 Å². The van der Waals surface area contributed by atoms with Crippen molar-refractivity contribution in [1.29, 1.82) is 0 Å². The summed E-state index contributed by atoms with van der Waals surface area (Å²) in [5.74, 6) is 3.78. The Morgan fingerprint density at radius 1 is 0.964 bits per heavy atom. The van der Waals surface area contributed by atoms with Gasteiger partial charge in [0, 0.05) is 41.3 Å². The summed E-state index contributed by atoms with van der Waals surface area (Å²) in [6.07, 6.45) is 5.45. The SMILES string of the molecule is C[C@@H](Nc1ccc(-c2cncc(C#C[Si](C)(C)C)c2)cn1)c1ccc(F)cc1. The van der Waals surface area contributed by atoms with Crippen LogP contribution in [0.2, 0.25) is 19.6 Å². The number of pyridine rings is 2. The predicted molar refractivity (Wildman–Crippen MR) is 116 cm³/mol. The van der Waals surface area contributed by atoms with Gasteiger partial charge in [0.15, 0.2) is 0 Å². The Hall–Kier alpha value is -2.97. The van der Waals surface area contributed by atoms with Gasteiger partial charge in [-0.2, -0.15) is 0 Å². The summed E-state index contributed by atoms with van der Waals surface area (Å²) in [6, 6.07) is 12.5. The van der Waals surface area contributed by atoms with Crippen LogP contribution in [0.3, 0.4) is 0 Å². The molecule has 0 amide bonds. The van der Waals surface area contributed by atoms with Crippen LogP contribution in [0, 0.1) is 17.3 Å². The van der Waals surface area contributed by atoms with Crippen LogP contribution < -0.4 is 5.32 Å². The summed E-state index contributed by atoms with van der Waals surface area (Å²) in [4.78, 5) is 8.83. The zero-order valence-corrected chi connectivity index (χ0v) is 17.6. The van der Waals surface area contributed by atoms with Crippen molar-refractivity contribution in [3.63, 3.8) is 0 Å². The fourth-order valence-electron chi connectivity index (χ4n) is 2.63. The molecule has 1 atom stereocenters. The number of hydrogen-bond donors (Lipinski definition) is 1. The second-order valence-corrected chi connectivity index (χ2v) is 12.6. The largest absolute Gasteiger partial charge is 0.364 e. The molecule has 0 bridgehead atoms. The molecular weight excluding hydrogens is 365 g/mol. The van der Waals surface area contributed by atoms with Crippen molar-refractivity contribution in [2.24, 2.45) is 0 Å². The summed E-state index contributed by atoms with van der Waals surface area (Å²) in [6.45, 7) is 8.69. The van der Waals surface area contributed by atoms with Crippen molar-refractivity contribution in [1.82, 2.24) is 9.97 Å². The molecule has 142 valence electrons. The third-order valence-corrected chi connectivity index (χ3v) is 5.03. The highest BCUT2D eigenvalue weighted by Crippen LogP contribution is 2.22. The van der Waals surface area contributed by atoms with Gasteiger partial charge in [0.05, 0.1) is 0 Å². The van der Waals surface area contributed by atoms with E-state index < -0.39 is 8.07 Å². The standard InChI is InChI=1S/C23H24FN3Si/c1-17(19-5-8-22(24)9-6-19)27-23-10-7-20(16-26-23)21-13-18(14-25-15-21)11-12-28(2,3)4/h5-10,13-17H,1-4H3,(H,26,27)/t17-/m1/s1. The molecule has 1 aromatic carbocycles. The second kappa shape index (κ2) is 8.36. The van der Waals surface area contributed by atoms with Crippen LogP contribution in [-0.2, 0) is 0 Å². The smallest absolute Gasteiger partial charge is 0.129 e. The van der Waals surface area contributed by atoms with E-state index >= 15 is 0 Å². The molecule has 0 aliphatic rings. The number of nitrogens with one attached hydrogen (secondary N) is 1. The average Bonchev–Trinajstić information content (AvgIpc) is 2.67. The number of nitrogens with zero attached hydrogens (tertiary/aromatic N) is 2. The van der Waals surface area contributed by atoms with E-state index in [0.29, 0.717) is 0 Å². The average molecular weight is 390 g/mol. The summed E-state index contributed by atoms with van der Waals surface area (Å²) in [7, 11) is -1.42. The molecule has 3 rings (SSSR count). The first-order valence-electron chi connectivity index (χ1n) is 9.27. The number of halogens is 1. The molecule has 28 heavy (non-hydrogen) atoms. The van der Waals surface area contributed by atoms with E-state index in [4.69, 9.17) is 0 Å². The number of anilines is 1. The lowest BCUT2D eigenvalue weighted by atomic mass is 10.1. The van der Waals surface area contributed by atoms with Crippen LogP contribution >= 0.6 is 0 Å². The molecule has 1 N–H and O–H groups in total. The zero-order chi connectivity index (χ0) is 20.1. The molecule has 0 radical (unpaired) electrons. The van der Waals surface area contributed by atoms with Gasteiger partial charge in [-0.1, -0.05) is 37.7 Å². The van der Waals surface area contributed by atoms with Crippen molar-refractivity contribution in [3.05, 3.63) is 78.0 Å². The van der Waals surface area contributed by atoms with Crippen molar-refractivity contribution in [3.8, 4) is 22.6 Å². The molecule has 0 spiro atoms. The van der Waals surface area contributed by atoms with Crippen molar-refractivity contribution in [2.45, 2.75) is 32.6 Å². The van der Waals surface area contributed by atoms with Crippen LogP contribution in [0.1, 0.15) is 24.1 Å². The lowest BCUT2D eigenvalue weighted by Crippen LogP contribution is -2.16. The Bertz CT molecular complexity index is 997. The van der Waals surface area contributed by atoms with Crippen LogP contribution in [0.15, 0.2) is 61.1 Å². The van der Waals surface area contributed by atoms with E-state index in [1.165, 1.54) is 12.1 Å². The monoisotopic (exact) mass is 389 g/mol. The van der Waals surface area contributed by atoms with Gasteiger partial charge in [0.2, 0.25) is 0 Å². The first kappa shape index (κ1) is 19.8. The number of hydrogen-bond acceptors (Lipinski definition) is 3. The summed E-state index contributed by atoms with van der Waals surface area (Å²) in [5.41, 5.74) is 7.28. The van der Waals surface area contributed by atoms with E-state index in [-0.39, 0.29) is 11.9 Å². The van der Waals surface area contributed by atoms with Gasteiger partial charge in [-0.3, -0.25) is 4.98 Å². The minimum absolute atomic E-state index is 0.0285. The first-order valence-corrected chi connectivity index (χ1v) is 12.8. The third kappa shape index (κ3) is 5.51. The normalized spacial score (nSPS) is 12.0. The fraction of sp³-hybridized carbons (Fsp3) is 0.217. The van der Waals surface area contributed by atoms with Gasteiger partial charge in [0.25, 0.3) is 0 Å². The van der Waals surface area contributed by atoms with Crippen molar-refractivity contribution >= 4 is 13.9 Å². The Labute approximate surface area is 167 Å². The molecular formula is C23H24FN3Si. The highest BCUT2D eigenvalue weighted by molar-refractivity contribution is 6.83. The predicted octanol–water partition coefficient (Wildman–Crippen LogP) is 5.68. The maximum absolute atomic E-state index is 13.1. The minimum atomic E-state index is -1.42. The quantitative estimate of drug-likeness (QED) is 0.460. The van der Waals surface area contributed by atoms with E-state index in [9.17, 15) is 4.39 Å². The molecule has 0 saturated heterocycles. The second-order valence-electron chi connectivity index (χ2n) is 7.81. The van der Waals surface area contributed by atoms with Crippen LogP contribution in [-0.4, -0.2) is 18.0 Å². The highest BCUT2D eigenvalue weighted by Gasteiger charge is 2.09. The molecule has 0 aliphatic heterocycles. The lowest BCUT2D eigenvalue weighted by Gasteiger charge is -2.15. The maximum Gasteiger partial charge on any atom is 0.129 e. The summed E-state index contributed by atoms with van der Waals surface area (Å²) >= 11 is 0. The lowest BCUT2D eigenvalue weighted by molar-refractivity contribution is 0.626. The first-order chi connectivity index (χ1) is 13.3. The Morgan fingerprint density at radius 2 is 1.71 bits per heavy atom. The summed E-state index contributed by atoms with van der Waals surface area (Å²) in [5, 5.41) is 3.34. The van der Waals surface area contributed by atoms with Gasteiger partial charge in [-0.05, 0) is 42.8 Å². The van der Waals surface area contributed by atoms with E-state index in [1.54, 1.807) is 18.3 Å². The molecule has 5 heteroatoms. The topological polar surface area (TPSA) is 37.8 Å². The van der Waals surface area contributed by atoms with Gasteiger partial charge in [-0.25, -0.2) is 9.37 Å². The van der Waals surface area contributed by atoms with Crippen LogP contribution in [0.4, 0.5) is 10.2 Å². The highest BCUT2D eigenvalue weighted by atomic mass is 28.3. The molecule has 2 heterocycles. The number of rotatable bonds is 4. The Morgan fingerprint density at radius 3 is 2.36 bits per heavy atom. The molecule has 0 aliphatic carbocycles. The third-order valence-electron chi connectivity index (χ3n) is 4.15. The van der Waals surface area contributed by atoms with E-state index in [1.807, 2.05) is 37.5 Å². The van der Waals surface area contributed by atoms with Crippen LogP contribution in [0.5, 0.6) is 0 Å². The zero-order valence-electron chi connectivity index (χ0n) is 16.6. The summed E-state index contributed by atoms with van der Waals surface area (Å²) < 4.78 is 13.1. The minimum Gasteiger partial charge on any atom is -0.364 e. The molecule has 2 aromatic heterocycles. The maximum atomic E-state index is 13.1. The van der Waals surface area contributed by atoms with Gasteiger partial charge >= 0.3 is 0 Å².